The Kier molecular flexibility index (Phi) is 7.25. The number of nitrogens with zero attached hydrogens (tertiary/aromatic N) is 6. The van der Waals surface area contributed by atoms with Crippen LogP contribution >= 0.6 is 11.3 Å². The highest BCUT2D eigenvalue weighted by Gasteiger charge is 2.47. The van der Waals surface area contributed by atoms with E-state index in [1.165, 1.54) is 41.6 Å². The fourth-order valence-electron chi connectivity index (χ4n) is 4.29. The Hall–Kier alpha value is -4.73. The highest BCUT2D eigenvalue weighted by molar-refractivity contribution is 7.10. The van der Waals surface area contributed by atoms with E-state index in [0.29, 0.717) is 16.9 Å². The van der Waals surface area contributed by atoms with Crippen LogP contribution in [0.25, 0.3) is 0 Å². The minimum atomic E-state index is -4.56. The monoisotopic (exact) mass is 574 g/mol. The molecule has 16 heteroatoms. The molecule has 1 aromatic carbocycles. The first kappa shape index (κ1) is 26.9. The van der Waals surface area contributed by atoms with Gasteiger partial charge in [0.1, 0.15) is 24.0 Å². The van der Waals surface area contributed by atoms with Crippen LogP contribution in [-0.4, -0.2) is 49.9 Å². The number of benzene rings is 1. The van der Waals surface area contributed by atoms with Crippen molar-refractivity contribution in [2.24, 2.45) is 5.10 Å². The SMILES string of the molecule is COc1ccc(/C=N\NC(=O)c2cc3n(n2)[C@H](C(F)(F)F)C[C@@H](c2cccs2)N3)cc1Cn1cc([N+](=O)[O-])cn1. The summed E-state index contributed by atoms with van der Waals surface area (Å²) in [7, 11) is 1.48. The number of hydrogen-bond donors (Lipinski definition) is 2. The average Bonchev–Trinajstić information content (AvgIpc) is 3.68. The fourth-order valence-corrected chi connectivity index (χ4v) is 5.08. The van der Waals surface area contributed by atoms with Crippen molar-refractivity contribution in [3.63, 3.8) is 0 Å². The normalized spacial score (nSPS) is 16.9. The molecular formula is C24H21F3N8O4S. The third-order valence-corrected chi connectivity index (χ3v) is 7.14. The molecule has 0 saturated carbocycles. The number of amides is 1. The number of fused-ring (bicyclic) bond motifs is 1. The Labute approximate surface area is 228 Å². The number of rotatable bonds is 8. The number of anilines is 1. The summed E-state index contributed by atoms with van der Waals surface area (Å²) in [6.07, 6.45) is -1.06. The van der Waals surface area contributed by atoms with E-state index in [2.05, 4.69) is 26.0 Å². The maximum atomic E-state index is 13.8. The minimum Gasteiger partial charge on any atom is -0.496 e. The molecule has 40 heavy (non-hydrogen) atoms. The number of hydrazone groups is 1. The van der Waals surface area contributed by atoms with Gasteiger partial charge in [0.15, 0.2) is 11.7 Å². The molecule has 2 N–H and O–H groups in total. The van der Waals surface area contributed by atoms with Crippen molar-refractivity contribution in [1.82, 2.24) is 25.0 Å². The lowest BCUT2D eigenvalue weighted by Crippen LogP contribution is -2.35. The zero-order valence-electron chi connectivity index (χ0n) is 20.7. The van der Waals surface area contributed by atoms with Gasteiger partial charge in [-0.3, -0.25) is 19.6 Å². The number of nitro groups is 1. The minimum absolute atomic E-state index is 0.0831. The number of carbonyl (C=O) groups is 1. The van der Waals surface area contributed by atoms with Crippen LogP contribution in [0, 0.1) is 10.1 Å². The average molecular weight is 575 g/mol. The van der Waals surface area contributed by atoms with Gasteiger partial charge in [0.25, 0.3) is 5.91 Å². The Balaban J connectivity index is 1.30. The fraction of sp³-hybridized carbons (Fsp3) is 0.250. The molecule has 0 unspecified atom stereocenters. The molecule has 4 aromatic rings. The van der Waals surface area contributed by atoms with Gasteiger partial charge in [0.05, 0.1) is 30.8 Å². The summed E-state index contributed by atoms with van der Waals surface area (Å²) in [4.78, 5) is 23.8. The molecule has 12 nitrogen and oxygen atoms in total. The quantitative estimate of drug-likeness (QED) is 0.179. The highest BCUT2D eigenvalue weighted by Crippen LogP contribution is 2.44. The van der Waals surface area contributed by atoms with Crippen molar-refractivity contribution >= 4 is 35.0 Å². The molecule has 4 heterocycles. The molecule has 208 valence electrons. The van der Waals surface area contributed by atoms with E-state index < -0.39 is 29.1 Å². The first-order valence-electron chi connectivity index (χ1n) is 11.8. The van der Waals surface area contributed by atoms with Gasteiger partial charge >= 0.3 is 11.9 Å². The topological polar surface area (TPSA) is 142 Å². The van der Waals surface area contributed by atoms with Crippen LogP contribution in [0.4, 0.5) is 24.7 Å². The molecule has 0 spiro atoms. The summed E-state index contributed by atoms with van der Waals surface area (Å²) in [6.45, 7) is 0.172. The van der Waals surface area contributed by atoms with Crippen molar-refractivity contribution < 1.29 is 27.6 Å². The summed E-state index contributed by atoms with van der Waals surface area (Å²) in [6, 6.07) is 7.35. The number of ether oxygens (including phenoxy) is 1. The second kappa shape index (κ2) is 10.8. The number of alkyl halides is 3. The second-order valence-electron chi connectivity index (χ2n) is 8.79. The van der Waals surface area contributed by atoms with Crippen molar-refractivity contribution in [3.8, 4) is 5.75 Å². The largest absolute Gasteiger partial charge is 0.496 e. The number of hydrogen-bond acceptors (Lipinski definition) is 9. The molecule has 5 rings (SSSR count). The van der Waals surface area contributed by atoms with Gasteiger partial charge in [-0.15, -0.1) is 11.3 Å². The molecule has 1 aliphatic rings. The van der Waals surface area contributed by atoms with Gasteiger partial charge in [-0.2, -0.15) is 28.5 Å². The Bertz CT molecular complexity index is 1560. The maximum Gasteiger partial charge on any atom is 0.410 e. The highest BCUT2D eigenvalue weighted by atomic mass is 32.1. The lowest BCUT2D eigenvalue weighted by molar-refractivity contribution is -0.385. The van der Waals surface area contributed by atoms with Gasteiger partial charge in [-0.25, -0.2) is 10.1 Å². The molecule has 0 saturated heterocycles. The Morgan fingerprint density at radius 2 is 2.20 bits per heavy atom. The van der Waals surface area contributed by atoms with Crippen LogP contribution in [0.15, 0.2) is 59.3 Å². The van der Waals surface area contributed by atoms with Gasteiger partial charge < -0.3 is 10.1 Å². The predicted molar refractivity (Wildman–Crippen MR) is 139 cm³/mol. The van der Waals surface area contributed by atoms with E-state index >= 15 is 0 Å². The van der Waals surface area contributed by atoms with Crippen LogP contribution in [-0.2, 0) is 6.54 Å². The van der Waals surface area contributed by atoms with Crippen molar-refractivity contribution in [1.29, 1.82) is 0 Å². The van der Waals surface area contributed by atoms with Gasteiger partial charge in [-0.1, -0.05) is 6.07 Å². The molecule has 3 aromatic heterocycles. The number of carbonyl (C=O) groups excluding carboxylic acids is 1. The summed E-state index contributed by atoms with van der Waals surface area (Å²) in [5.74, 6) is -0.193. The van der Waals surface area contributed by atoms with E-state index in [4.69, 9.17) is 4.74 Å². The van der Waals surface area contributed by atoms with Crippen molar-refractivity contribution in [3.05, 3.63) is 86.0 Å². The number of thiophene rings is 1. The maximum absolute atomic E-state index is 13.8. The van der Waals surface area contributed by atoms with Crippen LogP contribution in [0.1, 0.15) is 45.0 Å². The molecule has 0 radical (unpaired) electrons. The lowest BCUT2D eigenvalue weighted by Gasteiger charge is -2.32. The smallest absolute Gasteiger partial charge is 0.410 e. The zero-order valence-corrected chi connectivity index (χ0v) is 21.5. The molecule has 0 aliphatic carbocycles. The summed E-state index contributed by atoms with van der Waals surface area (Å²) in [5.41, 5.74) is 3.10. The molecule has 1 amide bonds. The Morgan fingerprint density at radius 1 is 1.38 bits per heavy atom. The van der Waals surface area contributed by atoms with Crippen LogP contribution < -0.4 is 15.5 Å². The predicted octanol–water partition coefficient (Wildman–Crippen LogP) is 4.53. The number of methoxy groups -OCH3 is 1. The van der Waals surface area contributed by atoms with E-state index in [-0.39, 0.29) is 30.2 Å². The number of nitrogens with one attached hydrogen (secondary N) is 2. The van der Waals surface area contributed by atoms with Gasteiger partial charge in [0.2, 0.25) is 0 Å². The number of halogens is 3. The molecule has 1 aliphatic heterocycles. The molecule has 0 fully saturated rings. The first-order chi connectivity index (χ1) is 19.1. The molecule has 0 bridgehead atoms. The third-order valence-electron chi connectivity index (χ3n) is 6.16. The van der Waals surface area contributed by atoms with E-state index in [1.54, 1.807) is 35.7 Å². The van der Waals surface area contributed by atoms with E-state index in [0.717, 1.165) is 15.8 Å². The molecule has 2 atom stereocenters. The first-order valence-corrected chi connectivity index (χ1v) is 12.6. The van der Waals surface area contributed by atoms with Gasteiger partial charge in [0, 0.05) is 22.9 Å². The van der Waals surface area contributed by atoms with Crippen LogP contribution in [0.2, 0.25) is 0 Å². The van der Waals surface area contributed by atoms with Crippen LogP contribution in [0.3, 0.4) is 0 Å². The Morgan fingerprint density at radius 3 is 2.88 bits per heavy atom. The van der Waals surface area contributed by atoms with Crippen molar-refractivity contribution in [2.75, 3.05) is 12.4 Å². The summed E-state index contributed by atoms with van der Waals surface area (Å²) < 4.78 is 49.0. The summed E-state index contributed by atoms with van der Waals surface area (Å²) >= 11 is 1.35. The third kappa shape index (κ3) is 5.66. The van der Waals surface area contributed by atoms with Gasteiger partial charge in [-0.05, 0) is 35.2 Å². The van der Waals surface area contributed by atoms with Crippen molar-refractivity contribution in [2.45, 2.75) is 31.2 Å². The van der Waals surface area contributed by atoms with E-state index in [9.17, 15) is 28.1 Å². The zero-order chi connectivity index (χ0) is 28.4. The summed E-state index contributed by atoms with van der Waals surface area (Å²) in [5, 5.41) is 27.5. The molecular weight excluding hydrogens is 553 g/mol. The second-order valence-corrected chi connectivity index (χ2v) is 9.77. The number of aromatic nitrogens is 4. The lowest BCUT2D eigenvalue weighted by atomic mass is 10.0. The van der Waals surface area contributed by atoms with E-state index in [1.807, 2.05) is 0 Å². The van der Waals surface area contributed by atoms with Crippen LogP contribution in [0.5, 0.6) is 5.75 Å². The standard InChI is InChI=1S/C24H21F3N8O4S/c1-39-19-5-4-14(7-15(19)12-33-13-16(11-29-33)35(37)38)10-28-31-23(36)18-9-22-30-17(20-3-2-6-40-20)8-21(24(25,26)27)34(22)32-18/h2-7,9-11,13,17,21,30H,8,12H2,1H3,(H,31,36)/b28-10-/t17-,21-/m0/s1.